The Hall–Kier alpha value is -1.54. The average molecular weight is 250 g/mol. The lowest BCUT2D eigenvalue weighted by atomic mass is 9.99. The molecule has 0 unspecified atom stereocenters. The monoisotopic (exact) mass is 249 g/mol. The maximum Gasteiger partial charge on any atom is 0.131 e. The molecule has 0 spiro atoms. The van der Waals surface area contributed by atoms with Crippen molar-refractivity contribution in [2.24, 2.45) is 0 Å². The maximum atomic E-state index is 13.8. The topological polar surface area (TPSA) is 26.0 Å². The second kappa shape index (κ2) is 4.38. The summed E-state index contributed by atoms with van der Waals surface area (Å²) in [6.45, 7) is 3.94. The number of halogens is 2. The minimum absolute atomic E-state index is 0.315. The second-order valence-corrected chi connectivity index (χ2v) is 4.56. The van der Waals surface area contributed by atoms with Crippen molar-refractivity contribution in [1.29, 1.82) is 0 Å². The zero-order valence-corrected chi connectivity index (χ0v) is 10.5. The summed E-state index contributed by atoms with van der Waals surface area (Å²) in [4.78, 5) is 0. The van der Waals surface area contributed by atoms with Gasteiger partial charge in [0, 0.05) is 21.8 Å². The van der Waals surface area contributed by atoms with Gasteiger partial charge in [-0.3, -0.25) is 0 Å². The lowest BCUT2D eigenvalue weighted by Gasteiger charge is -2.10. The Bertz CT molecular complexity index is 579. The molecule has 0 bridgehead atoms. The van der Waals surface area contributed by atoms with Crippen molar-refractivity contribution in [3.63, 3.8) is 0 Å². The zero-order valence-electron chi connectivity index (χ0n) is 9.72. The van der Waals surface area contributed by atoms with Crippen LogP contribution in [0.15, 0.2) is 30.3 Å². The highest BCUT2D eigenvalue weighted by Gasteiger charge is 2.10. The molecule has 17 heavy (non-hydrogen) atoms. The van der Waals surface area contributed by atoms with Gasteiger partial charge in [-0.2, -0.15) is 0 Å². The van der Waals surface area contributed by atoms with Crippen LogP contribution in [0.1, 0.15) is 11.1 Å². The molecule has 0 heterocycles. The van der Waals surface area contributed by atoms with E-state index in [9.17, 15) is 4.39 Å². The predicted molar refractivity (Wildman–Crippen MR) is 70.7 cm³/mol. The van der Waals surface area contributed by atoms with Gasteiger partial charge in [0.25, 0.3) is 0 Å². The highest BCUT2D eigenvalue weighted by atomic mass is 35.5. The first-order chi connectivity index (χ1) is 7.99. The van der Waals surface area contributed by atoms with Crippen molar-refractivity contribution in [2.45, 2.75) is 13.8 Å². The molecule has 0 saturated heterocycles. The molecule has 2 rings (SSSR count). The zero-order chi connectivity index (χ0) is 12.6. The molecule has 0 aliphatic rings. The van der Waals surface area contributed by atoms with Gasteiger partial charge in [-0.05, 0) is 55.3 Å². The van der Waals surface area contributed by atoms with E-state index in [2.05, 4.69) is 0 Å². The average Bonchev–Trinajstić information content (AvgIpc) is 2.27. The van der Waals surface area contributed by atoms with Crippen molar-refractivity contribution >= 4 is 17.3 Å². The number of benzene rings is 2. The summed E-state index contributed by atoms with van der Waals surface area (Å²) in [6.07, 6.45) is 0. The van der Waals surface area contributed by atoms with Crippen LogP contribution in [0.25, 0.3) is 11.1 Å². The summed E-state index contributed by atoms with van der Waals surface area (Å²) >= 11 is 6.15. The summed E-state index contributed by atoms with van der Waals surface area (Å²) in [5, 5.41) is 0.539. The molecule has 1 nitrogen and oxygen atoms in total. The van der Waals surface area contributed by atoms with Crippen LogP contribution >= 0.6 is 11.6 Å². The van der Waals surface area contributed by atoms with Crippen LogP contribution in [0.3, 0.4) is 0 Å². The van der Waals surface area contributed by atoms with Crippen LogP contribution in [-0.4, -0.2) is 0 Å². The Labute approximate surface area is 105 Å². The van der Waals surface area contributed by atoms with Gasteiger partial charge in [0.1, 0.15) is 5.82 Å². The van der Waals surface area contributed by atoms with Crippen LogP contribution in [0, 0.1) is 19.7 Å². The van der Waals surface area contributed by atoms with Gasteiger partial charge >= 0.3 is 0 Å². The van der Waals surface area contributed by atoms with Gasteiger partial charge in [-0.25, -0.2) is 4.39 Å². The highest BCUT2D eigenvalue weighted by molar-refractivity contribution is 6.33. The molecule has 0 aromatic heterocycles. The fourth-order valence-corrected chi connectivity index (χ4v) is 2.06. The Morgan fingerprint density at radius 2 is 1.65 bits per heavy atom. The lowest BCUT2D eigenvalue weighted by molar-refractivity contribution is 0.631. The van der Waals surface area contributed by atoms with Gasteiger partial charge in [0.15, 0.2) is 0 Å². The number of nitrogen functional groups attached to an aromatic ring is 1. The number of nitrogens with two attached hydrogens (primary N) is 1. The summed E-state index contributed by atoms with van der Waals surface area (Å²) < 4.78 is 13.8. The molecule has 3 heteroatoms. The van der Waals surface area contributed by atoms with Crippen molar-refractivity contribution < 1.29 is 4.39 Å². The molecule has 2 aromatic rings. The molecule has 0 amide bonds. The first kappa shape index (κ1) is 11.9. The number of aryl methyl sites for hydroxylation is 2. The minimum atomic E-state index is -0.315. The van der Waals surface area contributed by atoms with Crippen LogP contribution in [0.2, 0.25) is 5.02 Å². The maximum absolute atomic E-state index is 13.8. The van der Waals surface area contributed by atoms with Crippen molar-refractivity contribution in [3.8, 4) is 11.1 Å². The van der Waals surface area contributed by atoms with Gasteiger partial charge in [-0.15, -0.1) is 0 Å². The number of rotatable bonds is 1. The smallest absolute Gasteiger partial charge is 0.131 e. The van der Waals surface area contributed by atoms with E-state index >= 15 is 0 Å². The van der Waals surface area contributed by atoms with E-state index in [1.807, 2.05) is 26.0 Å². The number of hydrogen-bond donors (Lipinski definition) is 1. The third kappa shape index (κ3) is 2.27. The standard InChI is InChI=1S/C14H13ClFN/c1-8-5-11(13(15)6-9(8)2)12-7-10(17)3-4-14(12)16/h3-7H,17H2,1-2H3. The third-order valence-corrected chi connectivity index (χ3v) is 3.18. The van der Waals surface area contributed by atoms with Gasteiger partial charge in [0.2, 0.25) is 0 Å². The van der Waals surface area contributed by atoms with Crippen LogP contribution in [0.5, 0.6) is 0 Å². The van der Waals surface area contributed by atoms with Gasteiger partial charge < -0.3 is 5.73 Å². The number of hydrogen-bond acceptors (Lipinski definition) is 1. The summed E-state index contributed by atoms with van der Waals surface area (Å²) in [5.41, 5.74) is 9.48. The third-order valence-electron chi connectivity index (χ3n) is 2.86. The quantitative estimate of drug-likeness (QED) is 0.748. The molecular formula is C14H13ClFN. The SMILES string of the molecule is Cc1cc(Cl)c(-c2cc(N)ccc2F)cc1C. The molecule has 0 atom stereocenters. The fraction of sp³-hybridized carbons (Fsp3) is 0.143. The Kier molecular flexibility index (Phi) is 3.07. The van der Waals surface area contributed by atoms with Crippen molar-refractivity contribution in [2.75, 3.05) is 5.73 Å². The highest BCUT2D eigenvalue weighted by Crippen LogP contribution is 2.33. The predicted octanol–water partition coefficient (Wildman–Crippen LogP) is 4.35. The molecule has 0 radical (unpaired) electrons. The van der Waals surface area contributed by atoms with E-state index in [1.54, 1.807) is 6.07 Å². The fourth-order valence-electron chi connectivity index (χ4n) is 1.74. The first-order valence-electron chi connectivity index (χ1n) is 5.31. The molecule has 0 aliphatic heterocycles. The summed E-state index contributed by atoms with van der Waals surface area (Å²) in [7, 11) is 0. The molecule has 0 aliphatic carbocycles. The molecule has 2 aromatic carbocycles. The Balaban J connectivity index is 2.68. The van der Waals surface area contributed by atoms with Crippen LogP contribution < -0.4 is 5.73 Å². The normalized spacial score (nSPS) is 10.6. The van der Waals surface area contributed by atoms with E-state index < -0.39 is 0 Å². The van der Waals surface area contributed by atoms with E-state index in [-0.39, 0.29) is 5.82 Å². The number of anilines is 1. The Morgan fingerprint density at radius 1 is 1.00 bits per heavy atom. The lowest BCUT2D eigenvalue weighted by Crippen LogP contribution is -1.92. The minimum Gasteiger partial charge on any atom is -0.399 e. The van der Waals surface area contributed by atoms with E-state index in [4.69, 9.17) is 17.3 Å². The first-order valence-corrected chi connectivity index (χ1v) is 5.69. The molecule has 2 N–H and O–H groups in total. The molecular weight excluding hydrogens is 237 g/mol. The second-order valence-electron chi connectivity index (χ2n) is 4.16. The van der Waals surface area contributed by atoms with Crippen molar-refractivity contribution in [3.05, 3.63) is 52.3 Å². The molecule has 0 fully saturated rings. The molecule has 0 saturated carbocycles. The molecule has 88 valence electrons. The van der Waals surface area contributed by atoms with Gasteiger partial charge in [-0.1, -0.05) is 11.6 Å². The Morgan fingerprint density at radius 3 is 2.35 bits per heavy atom. The van der Waals surface area contributed by atoms with Crippen molar-refractivity contribution in [1.82, 2.24) is 0 Å². The summed E-state index contributed by atoms with van der Waals surface area (Å²) in [6, 6.07) is 8.22. The van der Waals surface area contributed by atoms with Gasteiger partial charge in [0.05, 0.1) is 0 Å². The van der Waals surface area contributed by atoms with E-state index in [1.165, 1.54) is 12.1 Å². The van der Waals surface area contributed by atoms with Crippen LogP contribution in [-0.2, 0) is 0 Å². The largest absolute Gasteiger partial charge is 0.399 e. The van der Waals surface area contributed by atoms with E-state index in [0.717, 1.165) is 11.1 Å². The summed E-state index contributed by atoms with van der Waals surface area (Å²) in [5.74, 6) is -0.315. The van der Waals surface area contributed by atoms with E-state index in [0.29, 0.717) is 21.8 Å². The van der Waals surface area contributed by atoms with Crippen LogP contribution in [0.4, 0.5) is 10.1 Å².